The molecule has 1 aromatic carbocycles. The minimum Gasteiger partial charge on any atom is -0.472 e. The lowest BCUT2D eigenvalue weighted by molar-refractivity contribution is 0.177. The molecule has 0 bridgehead atoms. The number of aromatic nitrogens is 2. The molecule has 0 aliphatic carbocycles. The molecule has 130 valence electrons. The molecule has 0 spiro atoms. The van der Waals surface area contributed by atoms with Crippen LogP contribution in [0, 0.1) is 0 Å². The normalized spacial score (nSPS) is 12.1. The number of hydrogen-bond acceptors (Lipinski definition) is 4. The predicted octanol–water partition coefficient (Wildman–Crippen LogP) is 5.95. The number of thiocarbonyl (C=S) groups is 1. The lowest BCUT2D eigenvalue weighted by Gasteiger charge is -2.21. The molecule has 3 nitrogen and oxygen atoms in total. The van der Waals surface area contributed by atoms with Gasteiger partial charge < -0.3 is 9.30 Å². The monoisotopic (exact) mass is 410 g/mol. The van der Waals surface area contributed by atoms with Crippen LogP contribution in [-0.4, -0.2) is 14.6 Å². The number of hydrogen-bond donors (Lipinski definition) is 0. The summed E-state index contributed by atoms with van der Waals surface area (Å²) in [5.74, 6) is 0. The molecule has 0 saturated heterocycles. The van der Waals surface area contributed by atoms with Gasteiger partial charge in [0.1, 0.15) is 6.10 Å². The van der Waals surface area contributed by atoms with E-state index in [9.17, 15) is 0 Å². The topological polar surface area (TPSA) is 27.1 Å². The number of halogens is 2. The fourth-order valence-electron chi connectivity index (χ4n) is 2.52. The Morgan fingerprint density at radius 1 is 1.36 bits per heavy atom. The van der Waals surface area contributed by atoms with Gasteiger partial charge in [0, 0.05) is 28.0 Å². The van der Waals surface area contributed by atoms with E-state index in [1.54, 1.807) is 36.0 Å². The largest absolute Gasteiger partial charge is 0.472 e. The van der Waals surface area contributed by atoms with Gasteiger partial charge in [-0.1, -0.05) is 36.2 Å². The molecule has 3 aromatic rings. The SMILES string of the molecule is CCc1ccsc1C(=S)OC(Cn1ccnc1)c1ccc(Cl)cc1Cl. The Kier molecular flexibility index (Phi) is 6.12. The number of rotatable bonds is 6. The standard InChI is InChI=1S/C18H16Cl2N2OS2/c1-2-12-5-8-25-17(12)18(24)23-16(10-22-7-6-21-11-22)14-4-3-13(19)9-15(14)20/h3-9,11,16H,2,10H2,1H3. The van der Waals surface area contributed by atoms with E-state index in [0.717, 1.165) is 16.9 Å². The van der Waals surface area contributed by atoms with Crippen LogP contribution in [0.15, 0.2) is 48.4 Å². The summed E-state index contributed by atoms with van der Waals surface area (Å²) in [6.45, 7) is 2.65. The minimum atomic E-state index is -0.335. The van der Waals surface area contributed by atoms with Crippen molar-refractivity contribution in [3.05, 3.63) is 74.4 Å². The van der Waals surface area contributed by atoms with Crippen LogP contribution in [0.4, 0.5) is 0 Å². The maximum Gasteiger partial charge on any atom is 0.202 e. The molecule has 0 aliphatic rings. The van der Waals surface area contributed by atoms with Gasteiger partial charge >= 0.3 is 0 Å². The first-order chi connectivity index (χ1) is 12.1. The number of ether oxygens (including phenoxy) is 1. The molecule has 0 saturated carbocycles. The Labute approximate surface area is 166 Å². The zero-order valence-electron chi connectivity index (χ0n) is 13.5. The fourth-order valence-corrected chi connectivity index (χ4v) is 4.32. The van der Waals surface area contributed by atoms with E-state index in [1.807, 2.05) is 22.2 Å². The maximum atomic E-state index is 6.40. The summed E-state index contributed by atoms with van der Waals surface area (Å²) in [6.07, 6.45) is 5.93. The average molecular weight is 411 g/mol. The highest BCUT2D eigenvalue weighted by molar-refractivity contribution is 7.80. The fraction of sp³-hybridized carbons (Fsp3) is 0.222. The first kappa shape index (κ1) is 18.4. The van der Waals surface area contributed by atoms with E-state index in [4.69, 9.17) is 40.2 Å². The molecular formula is C18H16Cl2N2OS2. The van der Waals surface area contributed by atoms with Crippen molar-refractivity contribution < 1.29 is 4.74 Å². The van der Waals surface area contributed by atoms with Gasteiger partial charge in [-0.15, -0.1) is 11.3 Å². The molecule has 3 rings (SSSR count). The summed E-state index contributed by atoms with van der Waals surface area (Å²) in [4.78, 5) is 5.08. The van der Waals surface area contributed by atoms with Crippen molar-refractivity contribution in [1.29, 1.82) is 0 Å². The number of nitrogens with zero attached hydrogens (tertiary/aromatic N) is 2. The van der Waals surface area contributed by atoms with Crippen LogP contribution in [0.3, 0.4) is 0 Å². The lowest BCUT2D eigenvalue weighted by atomic mass is 10.1. The zero-order valence-corrected chi connectivity index (χ0v) is 16.6. The second-order valence-corrected chi connectivity index (χ2v) is 7.58. The quantitative estimate of drug-likeness (QED) is 0.469. The maximum absolute atomic E-state index is 6.40. The van der Waals surface area contributed by atoms with Gasteiger partial charge in [0.2, 0.25) is 5.05 Å². The summed E-state index contributed by atoms with van der Waals surface area (Å²) >= 11 is 19.6. The van der Waals surface area contributed by atoms with Crippen molar-refractivity contribution in [2.75, 3.05) is 0 Å². The van der Waals surface area contributed by atoms with Crippen LogP contribution in [0.25, 0.3) is 0 Å². The van der Waals surface area contributed by atoms with Crippen LogP contribution in [0.1, 0.15) is 29.0 Å². The van der Waals surface area contributed by atoms with E-state index >= 15 is 0 Å². The molecule has 0 amide bonds. The van der Waals surface area contributed by atoms with E-state index in [-0.39, 0.29) is 6.10 Å². The minimum absolute atomic E-state index is 0.335. The Hall–Kier alpha value is -1.40. The molecular weight excluding hydrogens is 395 g/mol. The molecule has 0 aliphatic heterocycles. The Balaban J connectivity index is 1.89. The van der Waals surface area contributed by atoms with Crippen LogP contribution in [0.5, 0.6) is 0 Å². The van der Waals surface area contributed by atoms with E-state index in [1.165, 1.54) is 5.56 Å². The molecule has 0 radical (unpaired) electrons. The Morgan fingerprint density at radius 2 is 2.20 bits per heavy atom. The predicted molar refractivity (Wildman–Crippen MR) is 108 cm³/mol. The Morgan fingerprint density at radius 3 is 2.88 bits per heavy atom. The van der Waals surface area contributed by atoms with Gasteiger partial charge in [-0.2, -0.15) is 0 Å². The summed E-state index contributed by atoms with van der Waals surface area (Å²) < 4.78 is 8.12. The van der Waals surface area contributed by atoms with Gasteiger partial charge in [-0.3, -0.25) is 0 Å². The second-order valence-electron chi connectivity index (χ2n) is 5.45. The first-order valence-electron chi connectivity index (χ1n) is 7.76. The summed E-state index contributed by atoms with van der Waals surface area (Å²) in [6, 6.07) is 7.48. The molecule has 0 fully saturated rings. The van der Waals surface area contributed by atoms with Gasteiger partial charge in [-0.25, -0.2) is 4.98 Å². The molecule has 1 atom stereocenters. The number of benzene rings is 1. The molecule has 7 heteroatoms. The molecule has 2 aromatic heterocycles. The van der Waals surface area contributed by atoms with Crippen LogP contribution in [-0.2, 0) is 17.7 Å². The first-order valence-corrected chi connectivity index (χ1v) is 9.81. The Bertz CT molecular complexity index is 862. The lowest BCUT2D eigenvalue weighted by Crippen LogP contribution is -2.16. The highest BCUT2D eigenvalue weighted by Gasteiger charge is 2.21. The van der Waals surface area contributed by atoms with Gasteiger partial charge in [0.15, 0.2) is 0 Å². The molecule has 25 heavy (non-hydrogen) atoms. The highest BCUT2D eigenvalue weighted by atomic mass is 35.5. The summed E-state index contributed by atoms with van der Waals surface area (Å²) in [5.41, 5.74) is 2.04. The smallest absolute Gasteiger partial charge is 0.202 e. The third kappa shape index (κ3) is 4.42. The van der Waals surface area contributed by atoms with Crippen molar-refractivity contribution in [3.63, 3.8) is 0 Å². The third-order valence-electron chi connectivity index (χ3n) is 3.81. The van der Waals surface area contributed by atoms with Crippen molar-refractivity contribution in [2.45, 2.75) is 26.0 Å². The van der Waals surface area contributed by atoms with Crippen LogP contribution < -0.4 is 0 Å². The van der Waals surface area contributed by atoms with Gasteiger partial charge in [0.05, 0.1) is 17.7 Å². The van der Waals surface area contributed by atoms with Gasteiger partial charge in [-0.05, 0) is 47.8 Å². The van der Waals surface area contributed by atoms with Crippen molar-refractivity contribution in [1.82, 2.24) is 9.55 Å². The van der Waals surface area contributed by atoms with Crippen LogP contribution >= 0.6 is 46.8 Å². The molecule has 0 N–H and O–H groups in total. The van der Waals surface area contributed by atoms with Crippen molar-refractivity contribution in [2.24, 2.45) is 0 Å². The van der Waals surface area contributed by atoms with Crippen LogP contribution in [0.2, 0.25) is 10.0 Å². The zero-order chi connectivity index (χ0) is 17.8. The second kappa shape index (κ2) is 8.32. The summed E-state index contributed by atoms with van der Waals surface area (Å²) in [5, 5.41) is 3.67. The third-order valence-corrected chi connectivity index (χ3v) is 5.76. The van der Waals surface area contributed by atoms with E-state index in [0.29, 0.717) is 21.6 Å². The van der Waals surface area contributed by atoms with Crippen molar-refractivity contribution >= 4 is 51.8 Å². The average Bonchev–Trinajstić information content (AvgIpc) is 3.25. The summed E-state index contributed by atoms with van der Waals surface area (Å²) in [7, 11) is 0. The highest BCUT2D eigenvalue weighted by Crippen LogP contribution is 2.31. The number of imidazole rings is 1. The van der Waals surface area contributed by atoms with Crippen molar-refractivity contribution in [3.8, 4) is 0 Å². The van der Waals surface area contributed by atoms with E-state index < -0.39 is 0 Å². The molecule has 2 heterocycles. The number of thiophene rings is 1. The van der Waals surface area contributed by atoms with Gasteiger partial charge in [0.25, 0.3) is 0 Å². The molecule has 1 unspecified atom stereocenters. The number of aryl methyl sites for hydroxylation is 1. The van der Waals surface area contributed by atoms with E-state index in [2.05, 4.69) is 18.0 Å².